The number of pyridine rings is 1. The van der Waals surface area contributed by atoms with Gasteiger partial charge in [0.05, 0.1) is 41.9 Å². The summed E-state index contributed by atoms with van der Waals surface area (Å²) in [6.45, 7) is 7.80. The molecule has 5 rings (SSSR count). The number of fused-ring (bicyclic) bond motifs is 1. The smallest absolute Gasteiger partial charge is 0.295 e. The zero-order chi connectivity index (χ0) is 28.6. The van der Waals surface area contributed by atoms with Crippen molar-refractivity contribution in [1.82, 2.24) is 34.5 Å². The van der Waals surface area contributed by atoms with Crippen molar-refractivity contribution >= 4 is 26.8 Å². The molecule has 0 aliphatic heterocycles. The van der Waals surface area contributed by atoms with Gasteiger partial charge in [-0.05, 0) is 37.8 Å². The lowest BCUT2D eigenvalue weighted by Gasteiger charge is -2.22. The molecule has 4 heterocycles. The molecule has 0 spiro atoms. The van der Waals surface area contributed by atoms with E-state index in [-0.39, 0.29) is 40.5 Å². The van der Waals surface area contributed by atoms with Gasteiger partial charge in [-0.25, -0.2) is 33.3 Å². The second kappa shape index (κ2) is 10.9. The number of hydrogen-bond donors (Lipinski definition) is 1. The number of anilines is 1. The van der Waals surface area contributed by atoms with Crippen LogP contribution in [0.5, 0.6) is 5.88 Å². The molecule has 12 nitrogen and oxygen atoms in total. The van der Waals surface area contributed by atoms with Crippen molar-refractivity contribution in [3.8, 4) is 17.3 Å². The van der Waals surface area contributed by atoms with Gasteiger partial charge in [0.1, 0.15) is 17.4 Å². The first kappa shape index (κ1) is 27.6. The Morgan fingerprint density at radius 2 is 1.85 bits per heavy atom. The average molecular weight is 565 g/mol. The van der Waals surface area contributed by atoms with Crippen LogP contribution >= 0.6 is 0 Å². The van der Waals surface area contributed by atoms with E-state index in [4.69, 9.17) is 9.72 Å². The number of methoxy groups -OCH3 is 1. The van der Waals surface area contributed by atoms with Crippen LogP contribution < -0.4 is 15.6 Å². The van der Waals surface area contributed by atoms with Crippen LogP contribution in [0.25, 0.3) is 22.6 Å². The van der Waals surface area contributed by atoms with Gasteiger partial charge in [0, 0.05) is 18.2 Å². The minimum absolute atomic E-state index is 0.00335. The molecule has 1 aliphatic rings. The normalized spacial score (nSPS) is 14.4. The molecule has 1 fully saturated rings. The van der Waals surface area contributed by atoms with Gasteiger partial charge >= 0.3 is 0 Å². The van der Waals surface area contributed by atoms with Crippen LogP contribution in [-0.4, -0.2) is 55.8 Å². The summed E-state index contributed by atoms with van der Waals surface area (Å²) in [6, 6.07) is 2.94. The molecule has 0 saturated heterocycles. The number of ether oxygens (including phenoxy) is 1. The number of sulfone groups is 1. The van der Waals surface area contributed by atoms with Crippen LogP contribution in [0, 0.1) is 5.92 Å². The highest BCUT2D eigenvalue weighted by Gasteiger charge is 2.32. The summed E-state index contributed by atoms with van der Waals surface area (Å²) in [5.74, 6) is 1.32. The summed E-state index contributed by atoms with van der Waals surface area (Å²) in [7, 11) is -1.80. The molecule has 4 aromatic heterocycles. The molecule has 0 amide bonds. The summed E-state index contributed by atoms with van der Waals surface area (Å²) in [5, 5.41) is 3.07. The molecule has 40 heavy (non-hydrogen) atoms. The van der Waals surface area contributed by atoms with Crippen LogP contribution in [0.2, 0.25) is 0 Å². The molecule has 210 valence electrons. The van der Waals surface area contributed by atoms with Crippen molar-refractivity contribution in [3.05, 3.63) is 52.6 Å². The molecule has 1 aliphatic carbocycles. The lowest BCUT2D eigenvalue weighted by Crippen LogP contribution is -2.30. The number of aromatic nitrogens is 7. The molecular weight excluding hydrogens is 532 g/mol. The highest BCUT2D eigenvalue weighted by molar-refractivity contribution is 7.91. The predicted molar refractivity (Wildman–Crippen MR) is 150 cm³/mol. The highest BCUT2D eigenvalue weighted by atomic mass is 32.2. The molecule has 0 unspecified atom stereocenters. The van der Waals surface area contributed by atoms with E-state index in [9.17, 15) is 13.2 Å². The lowest BCUT2D eigenvalue weighted by atomic mass is 10.1. The summed E-state index contributed by atoms with van der Waals surface area (Å²) in [4.78, 5) is 40.9. The number of hydrogen-bond acceptors (Lipinski definition) is 11. The van der Waals surface area contributed by atoms with E-state index in [0.717, 1.165) is 18.5 Å². The van der Waals surface area contributed by atoms with Gasteiger partial charge in [-0.15, -0.1) is 0 Å². The van der Waals surface area contributed by atoms with Crippen LogP contribution in [0.4, 0.5) is 5.82 Å². The van der Waals surface area contributed by atoms with E-state index < -0.39 is 9.84 Å². The minimum Gasteiger partial charge on any atom is -0.480 e. The molecule has 13 heteroatoms. The number of nitrogens with zero attached hydrogens (tertiary/aromatic N) is 7. The maximum atomic E-state index is 13.8. The first-order valence-corrected chi connectivity index (χ1v) is 14.9. The standard InChI is InChI=1S/C27H32N8O4S/c1-6-40(37,38)19-10-9-18(28-12-19)11-29-24-27(36)35(16(4)15(2)3)25-20(33-24)13-30-23(34-25)21-22(17-7-8-17)31-14-32-26(21)39-5/h9-10,12-17H,6-8,11H2,1-5H3,(H,29,33)/t16-/m0/s1. The van der Waals surface area contributed by atoms with Crippen molar-refractivity contribution in [2.45, 2.75) is 63.9 Å². The lowest BCUT2D eigenvalue weighted by molar-refractivity contribution is 0.397. The van der Waals surface area contributed by atoms with Crippen molar-refractivity contribution in [2.24, 2.45) is 5.92 Å². The molecular formula is C27H32N8O4S. The van der Waals surface area contributed by atoms with Crippen LogP contribution in [0.3, 0.4) is 0 Å². The van der Waals surface area contributed by atoms with Crippen LogP contribution in [-0.2, 0) is 16.4 Å². The molecule has 1 N–H and O–H groups in total. The zero-order valence-electron chi connectivity index (χ0n) is 23.1. The fraction of sp³-hybridized carbons (Fsp3) is 0.444. The third-order valence-electron chi connectivity index (χ3n) is 7.20. The molecule has 4 aromatic rings. The summed E-state index contributed by atoms with van der Waals surface area (Å²) < 4.78 is 31.3. The second-order valence-electron chi connectivity index (χ2n) is 10.2. The van der Waals surface area contributed by atoms with E-state index in [1.165, 1.54) is 18.6 Å². The maximum Gasteiger partial charge on any atom is 0.295 e. The van der Waals surface area contributed by atoms with E-state index in [1.54, 1.807) is 30.9 Å². The molecule has 0 aromatic carbocycles. The maximum absolute atomic E-state index is 13.8. The van der Waals surface area contributed by atoms with Gasteiger partial charge in [0.15, 0.2) is 27.1 Å². The second-order valence-corrected chi connectivity index (χ2v) is 12.5. The van der Waals surface area contributed by atoms with E-state index in [1.807, 2.05) is 20.8 Å². The van der Waals surface area contributed by atoms with Gasteiger partial charge < -0.3 is 10.1 Å². The van der Waals surface area contributed by atoms with Crippen molar-refractivity contribution in [2.75, 3.05) is 18.2 Å². The predicted octanol–water partition coefficient (Wildman–Crippen LogP) is 3.55. The first-order valence-electron chi connectivity index (χ1n) is 13.2. The van der Waals surface area contributed by atoms with E-state index >= 15 is 0 Å². The Hall–Kier alpha value is -4.00. The average Bonchev–Trinajstić information content (AvgIpc) is 3.81. The first-order chi connectivity index (χ1) is 19.1. The SMILES string of the molecule is CCS(=O)(=O)c1ccc(CNc2nc3cnc(-c4c(OC)ncnc4C4CC4)nc3n([C@@H](C)C(C)C)c2=O)nc1. The van der Waals surface area contributed by atoms with E-state index in [2.05, 4.69) is 30.2 Å². The summed E-state index contributed by atoms with van der Waals surface area (Å²) in [5.41, 5.74) is 2.56. The molecule has 1 atom stereocenters. The summed E-state index contributed by atoms with van der Waals surface area (Å²) in [6.07, 6.45) is 6.46. The zero-order valence-corrected chi connectivity index (χ0v) is 23.9. The fourth-order valence-corrected chi connectivity index (χ4v) is 5.19. The quantitative estimate of drug-likeness (QED) is 0.301. The molecule has 0 bridgehead atoms. The Labute approximate surface area is 232 Å². The van der Waals surface area contributed by atoms with Crippen molar-refractivity contribution in [1.29, 1.82) is 0 Å². The number of nitrogens with one attached hydrogen (secondary N) is 1. The monoisotopic (exact) mass is 564 g/mol. The fourth-order valence-electron chi connectivity index (χ4n) is 4.37. The van der Waals surface area contributed by atoms with Gasteiger partial charge in [0.2, 0.25) is 5.88 Å². The summed E-state index contributed by atoms with van der Waals surface area (Å²) >= 11 is 0. The Kier molecular flexibility index (Phi) is 7.49. The van der Waals surface area contributed by atoms with Gasteiger partial charge in [0.25, 0.3) is 5.56 Å². The number of rotatable bonds is 10. The van der Waals surface area contributed by atoms with Crippen molar-refractivity contribution < 1.29 is 13.2 Å². The highest BCUT2D eigenvalue weighted by Crippen LogP contribution is 2.44. The third-order valence-corrected chi connectivity index (χ3v) is 8.92. The topological polar surface area (TPSA) is 155 Å². The Morgan fingerprint density at radius 3 is 2.48 bits per heavy atom. The van der Waals surface area contributed by atoms with Crippen LogP contribution in [0.1, 0.15) is 63.9 Å². The van der Waals surface area contributed by atoms with Gasteiger partial charge in [-0.2, -0.15) is 0 Å². The Morgan fingerprint density at radius 1 is 1.07 bits per heavy atom. The minimum atomic E-state index is -3.35. The van der Waals surface area contributed by atoms with E-state index in [0.29, 0.717) is 40.0 Å². The Bertz CT molecular complexity index is 1720. The largest absolute Gasteiger partial charge is 0.480 e. The third kappa shape index (κ3) is 5.25. The van der Waals surface area contributed by atoms with Gasteiger partial charge in [-0.1, -0.05) is 20.8 Å². The molecule has 0 radical (unpaired) electrons. The Balaban J connectivity index is 1.56. The van der Waals surface area contributed by atoms with Gasteiger partial charge in [-0.3, -0.25) is 14.3 Å². The van der Waals surface area contributed by atoms with Crippen molar-refractivity contribution in [3.63, 3.8) is 0 Å². The van der Waals surface area contributed by atoms with Crippen LogP contribution in [0.15, 0.2) is 40.5 Å². The molecule has 1 saturated carbocycles.